The third-order valence-electron chi connectivity index (χ3n) is 3.50. The van der Waals surface area contributed by atoms with Crippen LogP contribution in [0.3, 0.4) is 0 Å². The summed E-state index contributed by atoms with van der Waals surface area (Å²) in [7, 11) is 0. The molecule has 0 amide bonds. The molecule has 2 fully saturated rings. The SMILES string of the molecule is CC1CCN(C2CC2C)CCCN1. The largest absolute Gasteiger partial charge is 0.314 e. The van der Waals surface area contributed by atoms with Crippen molar-refractivity contribution >= 4 is 0 Å². The van der Waals surface area contributed by atoms with Crippen LogP contribution in [0.2, 0.25) is 0 Å². The van der Waals surface area contributed by atoms with Gasteiger partial charge in [0.15, 0.2) is 0 Å². The van der Waals surface area contributed by atoms with Gasteiger partial charge in [0.2, 0.25) is 0 Å². The molecular weight excluding hydrogens is 160 g/mol. The molecule has 3 unspecified atom stereocenters. The summed E-state index contributed by atoms with van der Waals surface area (Å²) in [6.07, 6.45) is 4.10. The standard InChI is InChI=1S/C11H22N2/c1-9-8-11(9)13-6-3-5-12-10(2)4-7-13/h9-12H,3-8H2,1-2H3. The summed E-state index contributed by atoms with van der Waals surface area (Å²) in [6, 6.07) is 1.65. The monoisotopic (exact) mass is 182 g/mol. The molecule has 2 nitrogen and oxygen atoms in total. The molecule has 1 saturated heterocycles. The number of rotatable bonds is 1. The van der Waals surface area contributed by atoms with Crippen LogP contribution in [0.1, 0.15) is 33.1 Å². The van der Waals surface area contributed by atoms with Gasteiger partial charge in [-0.25, -0.2) is 0 Å². The molecule has 0 radical (unpaired) electrons. The molecule has 1 heterocycles. The molecule has 1 aliphatic carbocycles. The molecule has 76 valence electrons. The van der Waals surface area contributed by atoms with Gasteiger partial charge in [-0.15, -0.1) is 0 Å². The van der Waals surface area contributed by atoms with Crippen molar-refractivity contribution in [3.8, 4) is 0 Å². The van der Waals surface area contributed by atoms with Crippen molar-refractivity contribution in [2.45, 2.75) is 45.2 Å². The Morgan fingerprint density at radius 1 is 1.23 bits per heavy atom. The first kappa shape index (κ1) is 9.47. The Kier molecular flexibility index (Phi) is 2.89. The molecule has 0 bridgehead atoms. The maximum Gasteiger partial charge on any atom is 0.0125 e. The van der Waals surface area contributed by atoms with Crippen LogP contribution in [0.4, 0.5) is 0 Å². The van der Waals surface area contributed by atoms with Crippen molar-refractivity contribution in [3.05, 3.63) is 0 Å². The number of nitrogens with one attached hydrogen (secondary N) is 1. The van der Waals surface area contributed by atoms with E-state index in [2.05, 4.69) is 24.1 Å². The summed E-state index contributed by atoms with van der Waals surface area (Å²) in [5.74, 6) is 0.975. The zero-order chi connectivity index (χ0) is 9.26. The molecule has 0 aromatic rings. The average molecular weight is 182 g/mol. The highest BCUT2D eigenvalue weighted by Crippen LogP contribution is 2.35. The lowest BCUT2D eigenvalue weighted by molar-refractivity contribution is 0.220. The minimum Gasteiger partial charge on any atom is -0.314 e. The van der Waals surface area contributed by atoms with E-state index in [1.807, 2.05) is 0 Å². The van der Waals surface area contributed by atoms with E-state index in [9.17, 15) is 0 Å². The zero-order valence-corrected chi connectivity index (χ0v) is 8.92. The minimum absolute atomic E-state index is 0.719. The molecule has 1 aliphatic heterocycles. The van der Waals surface area contributed by atoms with Crippen molar-refractivity contribution in [3.63, 3.8) is 0 Å². The van der Waals surface area contributed by atoms with Crippen LogP contribution in [0.25, 0.3) is 0 Å². The molecule has 2 heteroatoms. The van der Waals surface area contributed by atoms with Gasteiger partial charge in [0.05, 0.1) is 0 Å². The van der Waals surface area contributed by atoms with E-state index in [1.165, 1.54) is 38.9 Å². The Morgan fingerprint density at radius 3 is 2.69 bits per heavy atom. The highest BCUT2D eigenvalue weighted by molar-refractivity contribution is 4.92. The number of hydrogen-bond donors (Lipinski definition) is 1. The molecule has 1 saturated carbocycles. The van der Waals surface area contributed by atoms with Gasteiger partial charge in [-0.3, -0.25) is 0 Å². The molecule has 2 aliphatic rings. The van der Waals surface area contributed by atoms with E-state index < -0.39 is 0 Å². The van der Waals surface area contributed by atoms with Crippen LogP contribution >= 0.6 is 0 Å². The fraction of sp³-hybridized carbons (Fsp3) is 1.00. The second-order valence-corrected chi connectivity index (χ2v) is 4.81. The summed E-state index contributed by atoms with van der Waals surface area (Å²) in [6.45, 7) is 8.52. The quantitative estimate of drug-likeness (QED) is 0.660. The van der Waals surface area contributed by atoms with E-state index in [0.717, 1.165) is 18.0 Å². The predicted molar refractivity (Wildman–Crippen MR) is 55.8 cm³/mol. The van der Waals surface area contributed by atoms with Crippen molar-refractivity contribution in [2.24, 2.45) is 5.92 Å². The molecule has 13 heavy (non-hydrogen) atoms. The normalized spacial score (nSPS) is 42.5. The molecular formula is C11H22N2. The predicted octanol–water partition coefficient (Wildman–Crippen LogP) is 1.47. The summed E-state index contributed by atoms with van der Waals surface area (Å²) >= 11 is 0. The zero-order valence-electron chi connectivity index (χ0n) is 8.92. The summed E-state index contributed by atoms with van der Waals surface area (Å²) in [5.41, 5.74) is 0. The van der Waals surface area contributed by atoms with Crippen molar-refractivity contribution in [1.82, 2.24) is 10.2 Å². The van der Waals surface area contributed by atoms with Crippen molar-refractivity contribution in [2.75, 3.05) is 19.6 Å². The number of hydrogen-bond acceptors (Lipinski definition) is 2. The highest BCUT2D eigenvalue weighted by atomic mass is 15.2. The molecule has 1 N–H and O–H groups in total. The Hall–Kier alpha value is -0.0800. The maximum absolute atomic E-state index is 3.55. The van der Waals surface area contributed by atoms with Crippen LogP contribution in [0.15, 0.2) is 0 Å². The lowest BCUT2D eigenvalue weighted by atomic mass is 10.1. The van der Waals surface area contributed by atoms with Crippen LogP contribution < -0.4 is 5.32 Å². The third kappa shape index (κ3) is 2.44. The van der Waals surface area contributed by atoms with E-state index in [4.69, 9.17) is 0 Å². The van der Waals surface area contributed by atoms with Crippen LogP contribution in [-0.2, 0) is 0 Å². The van der Waals surface area contributed by atoms with Gasteiger partial charge in [-0.05, 0) is 51.7 Å². The summed E-state index contributed by atoms with van der Waals surface area (Å²) in [4.78, 5) is 2.71. The summed E-state index contributed by atoms with van der Waals surface area (Å²) in [5, 5.41) is 3.55. The molecule has 2 rings (SSSR count). The Bertz CT molecular complexity index is 169. The second kappa shape index (κ2) is 3.97. The minimum atomic E-state index is 0.719. The Labute approximate surface area is 81.7 Å². The fourth-order valence-electron chi connectivity index (χ4n) is 2.35. The molecule has 3 atom stereocenters. The topological polar surface area (TPSA) is 15.3 Å². The first-order chi connectivity index (χ1) is 6.27. The van der Waals surface area contributed by atoms with Gasteiger partial charge in [-0.1, -0.05) is 6.92 Å². The molecule has 0 aromatic carbocycles. The Morgan fingerprint density at radius 2 is 2.00 bits per heavy atom. The van der Waals surface area contributed by atoms with Gasteiger partial charge in [0.25, 0.3) is 0 Å². The smallest absolute Gasteiger partial charge is 0.0125 e. The fourth-order valence-corrected chi connectivity index (χ4v) is 2.35. The van der Waals surface area contributed by atoms with Crippen molar-refractivity contribution < 1.29 is 0 Å². The number of nitrogens with zero attached hydrogens (tertiary/aromatic N) is 1. The van der Waals surface area contributed by atoms with Crippen molar-refractivity contribution in [1.29, 1.82) is 0 Å². The Balaban J connectivity index is 1.81. The van der Waals surface area contributed by atoms with Gasteiger partial charge < -0.3 is 10.2 Å². The van der Waals surface area contributed by atoms with Crippen LogP contribution in [0, 0.1) is 5.92 Å². The molecule has 0 spiro atoms. The average Bonchev–Trinajstić information content (AvgIpc) is 2.76. The second-order valence-electron chi connectivity index (χ2n) is 4.81. The third-order valence-corrected chi connectivity index (χ3v) is 3.50. The first-order valence-electron chi connectivity index (χ1n) is 5.75. The van der Waals surface area contributed by atoms with E-state index in [1.54, 1.807) is 0 Å². The molecule has 0 aromatic heterocycles. The first-order valence-corrected chi connectivity index (χ1v) is 5.75. The lowest BCUT2D eigenvalue weighted by Gasteiger charge is -2.27. The van der Waals surface area contributed by atoms with Gasteiger partial charge in [-0.2, -0.15) is 0 Å². The van der Waals surface area contributed by atoms with Gasteiger partial charge in [0, 0.05) is 12.1 Å². The highest BCUT2D eigenvalue weighted by Gasteiger charge is 2.37. The van der Waals surface area contributed by atoms with E-state index >= 15 is 0 Å². The lowest BCUT2D eigenvalue weighted by Crippen LogP contribution is -2.39. The van der Waals surface area contributed by atoms with Gasteiger partial charge >= 0.3 is 0 Å². The van der Waals surface area contributed by atoms with Crippen LogP contribution in [0.5, 0.6) is 0 Å². The van der Waals surface area contributed by atoms with E-state index in [0.29, 0.717) is 0 Å². The van der Waals surface area contributed by atoms with E-state index in [-0.39, 0.29) is 0 Å². The van der Waals surface area contributed by atoms with Crippen LogP contribution in [-0.4, -0.2) is 36.6 Å². The van der Waals surface area contributed by atoms with Gasteiger partial charge in [0.1, 0.15) is 0 Å². The maximum atomic E-state index is 3.55. The summed E-state index contributed by atoms with van der Waals surface area (Å²) < 4.78 is 0.